The number of nitrogens with one attached hydrogen (secondary N) is 1. The van der Waals surface area contributed by atoms with Crippen LogP contribution < -0.4 is 5.32 Å². The van der Waals surface area contributed by atoms with Gasteiger partial charge in [-0.1, -0.05) is 0 Å². The number of rotatable bonds is 2. The largest absolute Gasteiger partial charge is 0.444 e. The van der Waals surface area contributed by atoms with Crippen LogP contribution in [0.3, 0.4) is 0 Å². The van der Waals surface area contributed by atoms with E-state index in [9.17, 15) is 4.79 Å². The lowest BCUT2D eigenvalue weighted by atomic mass is 10.2. The maximum Gasteiger partial charge on any atom is 0.407 e. The van der Waals surface area contributed by atoms with Gasteiger partial charge in [-0.2, -0.15) is 0 Å². The van der Waals surface area contributed by atoms with E-state index in [1.807, 2.05) is 51.3 Å². The predicted molar refractivity (Wildman–Crippen MR) is 77.7 cm³/mol. The number of nitrogens with zero attached hydrogens (tertiary/aromatic N) is 2. The van der Waals surface area contributed by atoms with E-state index in [1.54, 1.807) is 0 Å². The lowest BCUT2D eigenvalue weighted by Gasteiger charge is -2.19. The maximum absolute atomic E-state index is 11.6. The summed E-state index contributed by atoms with van der Waals surface area (Å²) in [5.41, 5.74) is 3.51. The Morgan fingerprint density at radius 3 is 2.70 bits per heavy atom. The summed E-state index contributed by atoms with van der Waals surface area (Å²) >= 11 is 0. The molecule has 0 atom stereocenters. The van der Waals surface area contributed by atoms with Gasteiger partial charge in [-0.25, -0.2) is 9.78 Å². The molecular weight excluding hydrogens is 254 g/mol. The number of aryl methyl sites for hydroxylation is 2. The SMILES string of the molecule is Cc1cc(C)n2cc(CNC(=O)OC(C)(C)C)nc2c1. The first-order valence-corrected chi connectivity index (χ1v) is 6.67. The van der Waals surface area contributed by atoms with Gasteiger partial charge in [-0.15, -0.1) is 0 Å². The number of carbonyl (C=O) groups excluding carboxylic acids is 1. The zero-order valence-electron chi connectivity index (χ0n) is 12.7. The molecule has 0 bridgehead atoms. The van der Waals surface area contributed by atoms with Crippen molar-refractivity contribution in [3.63, 3.8) is 0 Å². The van der Waals surface area contributed by atoms with Crippen LogP contribution in [-0.2, 0) is 11.3 Å². The van der Waals surface area contributed by atoms with Gasteiger partial charge in [0.2, 0.25) is 0 Å². The molecule has 2 aromatic rings. The molecule has 0 aromatic carbocycles. The first kappa shape index (κ1) is 14.4. The van der Waals surface area contributed by atoms with Crippen LogP contribution in [0.1, 0.15) is 37.7 Å². The lowest BCUT2D eigenvalue weighted by Crippen LogP contribution is -2.32. The first-order valence-electron chi connectivity index (χ1n) is 6.67. The highest BCUT2D eigenvalue weighted by atomic mass is 16.6. The second-order valence-corrected chi connectivity index (χ2v) is 5.99. The Morgan fingerprint density at radius 2 is 2.05 bits per heavy atom. The summed E-state index contributed by atoms with van der Waals surface area (Å²) in [5, 5.41) is 2.71. The lowest BCUT2D eigenvalue weighted by molar-refractivity contribution is 0.0523. The predicted octanol–water partition coefficient (Wildman–Crippen LogP) is 2.98. The monoisotopic (exact) mass is 275 g/mol. The number of aromatic nitrogens is 2. The van der Waals surface area contributed by atoms with Gasteiger partial charge in [-0.05, 0) is 52.3 Å². The van der Waals surface area contributed by atoms with Crippen molar-refractivity contribution in [1.29, 1.82) is 0 Å². The molecular formula is C15H21N3O2. The van der Waals surface area contributed by atoms with E-state index in [0.29, 0.717) is 6.54 Å². The average molecular weight is 275 g/mol. The molecule has 5 heteroatoms. The van der Waals surface area contributed by atoms with Crippen LogP contribution in [0.5, 0.6) is 0 Å². The van der Waals surface area contributed by atoms with Gasteiger partial charge in [0.25, 0.3) is 0 Å². The number of ether oxygens (including phenoxy) is 1. The van der Waals surface area contributed by atoms with E-state index < -0.39 is 11.7 Å². The number of imidazole rings is 1. The number of carbonyl (C=O) groups is 1. The molecule has 20 heavy (non-hydrogen) atoms. The van der Waals surface area contributed by atoms with Crippen molar-refractivity contribution in [2.24, 2.45) is 0 Å². The minimum absolute atomic E-state index is 0.356. The molecule has 0 aliphatic heterocycles. The van der Waals surface area contributed by atoms with Crippen LogP contribution in [-0.4, -0.2) is 21.1 Å². The Morgan fingerprint density at radius 1 is 1.35 bits per heavy atom. The van der Waals surface area contributed by atoms with E-state index >= 15 is 0 Å². The minimum Gasteiger partial charge on any atom is -0.444 e. The third-order valence-corrected chi connectivity index (χ3v) is 2.77. The molecule has 0 unspecified atom stereocenters. The topological polar surface area (TPSA) is 55.6 Å². The van der Waals surface area contributed by atoms with Crippen LogP contribution >= 0.6 is 0 Å². The summed E-state index contributed by atoms with van der Waals surface area (Å²) in [6.07, 6.45) is 1.50. The molecule has 0 spiro atoms. The summed E-state index contributed by atoms with van der Waals surface area (Å²) in [7, 11) is 0. The van der Waals surface area contributed by atoms with Crippen LogP contribution in [0.25, 0.3) is 5.65 Å². The van der Waals surface area contributed by atoms with Crippen molar-refractivity contribution in [3.05, 3.63) is 35.3 Å². The van der Waals surface area contributed by atoms with Crippen molar-refractivity contribution in [2.75, 3.05) is 0 Å². The smallest absolute Gasteiger partial charge is 0.407 e. The fraction of sp³-hybridized carbons (Fsp3) is 0.467. The summed E-state index contributed by atoms with van der Waals surface area (Å²) in [6.45, 7) is 9.94. The van der Waals surface area contributed by atoms with E-state index in [4.69, 9.17) is 4.74 Å². The molecule has 2 rings (SSSR count). The molecule has 0 saturated carbocycles. The van der Waals surface area contributed by atoms with Gasteiger partial charge >= 0.3 is 6.09 Å². The van der Waals surface area contributed by atoms with Gasteiger partial charge in [-0.3, -0.25) is 0 Å². The number of amides is 1. The number of pyridine rings is 1. The quantitative estimate of drug-likeness (QED) is 0.916. The molecule has 0 aliphatic rings. The molecule has 0 fully saturated rings. The standard InChI is InChI=1S/C15H21N3O2/c1-10-6-11(2)18-9-12(17-13(18)7-10)8-16-14(19)20-15(3,4)5/h6-7,9H,8H2,1-5H3,(H,16,19). The second-order valence-electron chi connectivity index (χ2n) is 5.99. The van der Waals surface area contributed by atoms with Crippen LogP contribution in [0.4, 0.5) is 4.79 Å². The van der Waals surface area contributed by atoms with E-state index in [0.717, 1.165) is 17.0 Å². The molecule has 0 aliphatic carbocycles. The zero-order chi connectivity index (χ0) is 14.9. The molecule has 1 amide bonds. The van der Waals surface area contributed by atoms with Gasteiger partial charge in [0, 0.05) is 11.9 Å². The van der Waals surface area contributed by atoms with Crippen LogP contribution in [0.15, 0.2) is 18.3 Å². The van der Waals surface area contributed by atoms with Crippen LogP contribution in [0.2, 0.25) is 0 Å². The third-order valence-electron chi connectivity index (χ3n) is 2.77. The molecule has 5 nitrogen and oxygen atoms in total. The minimum atomic E-state index is -0.489. The van der Waals surface area contributed by atoms with Gasteiger partial charge in [0.1, 0.15) is 11.2 Å². The first-order chi connectivity index (χ1) is 9.24. The number of fused-ring (bicyclic) bond motifs is 1. The van der Waals surface area contributed by atoms with Gasteiger partial charge < -0.3 is 14.5 Å². The third kappa shape index (κ3) is 3.50. The number of alkyl carbamates (subject to hydrolysis) is 1. The van der Waals surface area contributed by atoms with Crippen molar-refractivity contribution in [1.82, 2.24) is 14.7 Å². The summed E-state index contributed by atoms with van der Waals surface area (Å²) in [4.78, 5) is 16.1. The molecule has 2 aromatic heterocycles. The highest BCUT2D eigenvalue weighted by Crippen LogP contribution is 2.12. The molecule has 0 saturated heterocycles. The van der Waals surface area contributed by atoms with Gasteiger partial charge in [0.05, 0.1) is 12.2 Å². The van der Waals surface area contributed by atoms with Gasteiger partial charge in [0.15, 0.2) is 0 Å². The maximum atomic E-state index is 11.6. The summed E-state index contributed by atoms with van der Waals surface area (Å²) in [6, 6.07) is 4.11. The van der Waals surface area contributed by atoms with E-state index in [2.05, 4.69) is 16.4 Å². The highest BCUT2D eigenvalue weighted by Gasteiger charge is 2.16. The fourth-order valence-corrected chi connectivity index (χ4v) is 2.04. The summed E-state index contributed by atoms with van der Waals surface area (Å²) < 4.78 is 7.20. The Bertz CT molecular complexity index is 638. The van der Waals surface area contributed by atoms with Crippen LogP contribution in [0, 0.1) is 13.8 Å². The van der Waals surface area contributed by atoms with Crippen molar-refractivity contribution in [2.45, 2.75) is 46.8 Å². The Balaban J connectivity index is 2.08. The zero-order valence-corrected chi connectivity index (χ0v) is 12.7. The molecule has 0 radical (unpaired) electrons. The Labute approximate surface area is 119 Å². The fourth-order valence-electron chi connectivity index (χ4n) is 2.04. The van der Waals surface area contributed by atoms with E-state index in [1.165, 1.54) is 5.56 Å². The second kappa shape index (κ2) is 5.15. The number of hydrogen-bond acceptors (Lipinski definition) is 3. The molecule has 108 valence electrons. The Hall–Kier alpha value is -2.04. The Kier molecular flexibility index (Phi) is 3.70. The molecule has 1 N–H and O–H groups in total. The van der Waals surface area contributed by atoms with Crippen molar-refractivity contribution < 1.29 is 9.53 Å². The van der Waals surface area contributed by atoms with Crippen molar-refractivity contribution >= 4 is 11.7 Å². The number of hydrogen-bond donors (Lipinski definition) is 1. The van der Waals surface area contributed by atoms with E-state index in [-0.39, 0.29) is 0 Å². The molecule has 2 heterocycles. The summed E-state index contributed by atoms with van der Waals surface area (Å²) in [5.74, 6) is 0. The normalized spacial score (nSPS) is 11.7. The van der Waals surface area contributed by atoms with Crippen molar-refractivity contribution in [3.8, 4) is 0 Å². The highest BCUT2D eigenvalue weighted by molar-refractivity contribution is 5.67. The average Bonchev–Trinajstić information content (AvgIpc) is 2.67.